The van der Waals surface area contributed by atoms with Crippen LogP contribution in [0.2, 0.25) is 10.0 Å². The maximum atomic E-state index is 12.4. The Labute approximate surface area is 159 Å². The number of carbonyl (C=O) groups excluding carboxylic acids is 2. The lowest BCUT2D eigenvalue weighted by atomic mass is 10.1. The Morgan fingerprint density at radius 2 is 1.58 bits per heavy atom. The number of nitro groups is 1. The fourth-order valence-electron chi connectivity index (χ4n) is 2.10. The van der Waals surface area contributed by atoms with Crippen LogP contribution in [0.5, 0.6) is 0 Å². The molecule has 2 amide bonds. The van der Waals surface area contributed by atoms with Crippen molar-refractivity contribution in [2.45, 2.75) is 19.9 Å². The summed E-state index contributed by atoms with van der Waals surface area (Å²) >= 11 is 11.8. The lowest BCUT2D eigenvalue weighted by Gasteiger charge is -2.12. The number of nitrogens with one attached hydrogen (secondary N) is 2. The number of carbonyl (C=O) groups is 2. The number of rotatable bonds is 5. The molecule has 0 atom stereocenters. The van der Waals surface area contributed by atoms with Crippen molar-refractivity contribution in [3.8, 4) is 0 Å². The quantitative estimate of drug-likeness (QED) is 0.581. The zero-order valence-corrected chi connectivity index (χ0v) is 15.4. The lowest BCUT2D eigenvalue weighted by molar-refractivity contribution is -0.384. The molecule has 0 aromatic heterocycles. The monoisotopic (exact) mass is 395 g/mol. The first-order valence-electron chi connectivity index (χ1n) is 7.54. The molecule has 2 N–H and O–H groups in total. The third-order valence-electron chi connectivity index (χ3n) is 3.30. The van der Waals surface area contributed by atoms with E-state index in [0.717, 1.165) is 6.07 Å². The molecule has 0 fully saturated rings. The van der Waals surface area contributed by atoms with E-state index >= 15 is 0 Å². The van der Waals surface area contributed by atoms with E-state index < -0.39 is 10.8 Å². The molecule has 0 radical (unpaired) electrons. The van der Waals surface area contributed by atoms with Crippen molar-refractivity contribution in [3.05, 3.63) is 67.7 Å². The maximum Gasteiger partial charge on any atom is 0.288 e. The first-order chi connectivity index (χ1) is 12.2. The van der Waals surface area contributed by atoms with Crippen molar-refractivity contribution in [2.24, 2.45) is 0 Å². The Balaban J connectivity index is 2.27. The predicted molar refractivity (Wildman–Crippen MR) is 100 cm³/mol. The highest BCUT2D eigenvalue weighted by Crippen LogP contribution is 2.27. The molecule has 0 bridgehead atoms. The molecule has 0 aliphatic rings. The van der Waals surface area contributed by atoms with Gasteiger partial charge < -0.3 is 10.6 Å². The van der Waals surface area contributed by atoms with Gasteiger partial charge in [0.05, 0.1) is 15.6 Å². The molecule has 9 heteroatoms. The standard InChI is InChI=1S/C17H15Cl2N3O4/c1-9(2)20-16(23)10-3-5-12(18)14(7-10)21-17(24)11-4-6-13(19)15(8-11)22(25)26/h3-9H,1-2H3,(H,20,23)(H,21,24). The molecule has 0 saturated heterocycles. The highest BCUT2D eigenvalue weighted by molar-refractivity contribution is 6.34. The number of hydrogen-bond acceptors (Lipinski definition) is 4. The van der Waals surface area contributed by atoms with Gasteiger partial charge in [0.1, 0.15) is 5.02 Å². The minimum atomic E-state index is -0.678. The Morgan fingerprint density at radius 3 is 2.15 bits per heavy atom. The van der Waals surface area contributed by atoms with E-state index in [0.29, 0.717) is 5.56 Å². The van der Waals surface area contributed by atoms with Crippen molar-refractivity contribution in [1.82, 2.24) is 5.32 Å². The number of amides is 2. The van der Waals surface area contributed by atoms with E-state index in [-0.39, 0.29) is 38.9 Å². The Morgan fingerprint density at radius 1 is 1.00 bits per heavy atom. The van der Waals surface area contributed by atoms with E-state index in [9.17, 15) is 19.7 Å². The minimum Gasteiger partial charge on any atom is -0.350 e. The molecular weight excluding hydrogens is 381 g/mol. The highest BCUT2D eigenvalue weighted by atomic mass is 35.5. The SMILES string of the molecule is CC(C)NC(=O)c1ccc(Cl)c(NC(=O)c2ccc(Cl)c([N+](=O)[O-])c2)c1. The van der Waals surface area contributed by atoms with Crippen LogP contribution in [-0.2, 0) is 0 Å². The average Bonchev–Trinajstić information content (AvgIpc) is 2.56. The van der Waals surface area contributed by atoms with Crippen LogP contribution in [0.3, 0.4) is 0 Å². The minimum absolute atomic E-state index is 0.0363. The van der Waals surface area contributed by atoms with Crippen LogP contribution in [0.4, 0.5) is 11.4 Å². The van der Waals surface area contributed by atoms with Gasteiger partial charge in [-0.15, -0.1) is 0 Å². The topological polar surface area (TPSA) is 101 Å². The van der Waals surface area contributed by atoms with Crippen molar-refractivity contribution in [2.75, 3.05) is 5.32 Å². The third kappa shape index (κ3) is 4.71. The van der Waals surface area contributed by atoms with Crippen LogP contribution in [0.25, 0.3) is 0 Å². The second-order valence-electron chi connectivity index (χ2n) is 5.70. The largest absolute Gasteiger partial charge is 0.350 e. The first-order valence-corrected chi connectivity index (χ1v) is 8.30. The van der Waals surface area contributed by atoms with Crippen molar-refractivity contribution >= 4 is 46.4 Å². The molecule has 7 nitrogen and oxygen atoms in total. The van der Waals surface area contributed by atoms with Crippen molar-refractivity contribution in [3.63, 3.8) is 0 Å². The maximum absolute atomic E-state index is 12.4. The van der Waals surface area contributed by atoms with Gasteiger partial charge in [-0.25, -0.2) is 0 Å². The van der Waals surface area contributed by atoms with Crippen LogP contribution in [0, 0.1) is 10.1 Å². The summed E-state index contributed by atoms with van der Waals surface area (Å²) in [6.07, 6.45) is 0. The van der Waals surface area contributed by atoms with E-state index in [4.69, 9.17) is 23.2 Å². The fourth-order valence-corrected chi connectivity index (χ4v) is 2.45. The second-order valence-corrected chi connectivity index (χ2v) is 6.51. The predicted octanol–water partition coefficient (Wildman–Crippen LogP) is 4.29. The van der Waals surface area contributed by atoms with Crippen molar-refractivity contribution < 1.29 is 14.5 Å². The molecule has 0 heterocycles. The summed E-state index contributed by atoms with van der Waals surface area (Å²) in [5.41, 5.74) is 0.191. The smallest absolute Gasteiger partial charge is 0.288 e. The highest BCUT2D eigenvalue weighted by Gasteiger charge is 2.18. The van der Waals surface area contributed by atoms with Crippen LogP contribution in [0.15, 0.2) is 36.4 Å². The summed E-state index contributed by atoms with van der Waals surface area (Å²) < 4.78 is 0. The number of anilines is 1. The van der Waals surface area contributed by atoms with Gasteiger partial charge in [0.2, 0.25) is 0 Å². The summed E-state index contributed by atoms with van der Waals surface area (Å²) in [5, 5.41) is 16.4. The zero-order valence-electron chi connectivity index (χ0n) is 13.9. The van der Waals surface area contributed by atoms with Gasteiger partial charge in [-0.3, -0.25) is 19.7 Å². The van der Waals surface area contributed by atoms with E-state index in [1.165, 1.54) is 30.3 Å². The van der Waals surface area contributed by atoms with Crippen LogP contribution >= 0.6 is 23.2 Å². The van der Waals surface area contributed by atoms with Crippen LogP contribution < -0.4 is 10.6 Å². The number of benzene rings is 2. The molecule has 0 aliphatic carbocycles. The number of nitro benzene ring substituents is 1. The molecule has 2 rings (SSSR count). The molecule has 2 aromatic carbocycles. The number of hydrogen-bond donors (Lipinski definition) is 2. The third-order valence-corrected chi connectivity index (χ3v) is 3.95. The molecule has 136 valence electrons. The van der Waals surface area contributed by atoms with Gasteiger partial charge in [0.15, 0.2) is 0 Å². The lowest BCUT2D eigenvalue weighted by Crippen LogP contribution is -2.30. The van der Waals surface area contributed by atoms with Crippen LogP contribution in [-0.4, -0.2) is 22.8 Å². The van der Waals surface area contributed by atoms with Gasteiger partial charge in [-0.05, 0) is 44.2 Å². The average molecular weight is 396 g/mol. The molecular formula is C17H15Cl2N3O4. The zero-order chi connectivity index (χ0) is 19.4. The van der Waals surface area contributed by atoms with Gasteiger partial charge in [0.25, 0.3) is 17.5 Å². The molecule has 2 aromatic rings. The molecule has 0 aliphatic heterocycles. The fraction of sp³-hybridized carbons (Fsp3) is 0.176. The molecule has 26 heavy (non-hydrogen) atoms. The Hall–Kier alpha value is -2.64. The summed E-state index contributed by atoms with van der Waals surface area (Å²) in [6.45, 7) is 3.65. The summed E-state index contributed by atoms with van der Waals surface area (Å²) in [7, 11) is 0. The van der Waals surface area contributed by atoms with E-state index in [2.05, 4.69) is 10.6 Å². The number of halogens is 2. The summed E-state index contributed by atoms with van der Waals surface area (Å²) in [5.74, 6) is -0.928. The van der Waals surface area contributed by atoms with E-state index in [1.807, 2.05) is 13.8 Å². The first kappa shape index (κ1) is 19.7. The normalized spacial score (nSPS) is 10.5. The Bertz CT molecular complexity index is 884. The van der Waals surface area contributed by atoms with Gasteiger partial charge >= 0.3 is 0 Å². The van der Waals surface area contributed by atoms with E-state index in [1.54, 1.807) is 0 Å². The second kappa shape index (κ2) is 8.16. The summed E-state index contributed by atoms with van der Waals surface area (Å²) in [4.78, 5) is 34.7. The molecule has 0 unspecified atom stereocenters. The van der Waals surface area contributed by atoms with Gasteiger partial charge in [-0.1, -0.05) is 23.2 Å². The molecule has 0 spiro atoms. The van der Waals surface area contributed by atoms with Crippen molar-refractivity contribution in [1.29, 1.82) is 0 Å². The number of nitrogens with zero attached hydrogens (tertiary/aromatic N) is 1. The Kier molecular flexibility index (Phi) is 6.18. The van der Waals surface area contributed by atoms with Gasteiger partial charge in [-0.2, -0.15) is 0 Å². The summed E-state index contributed by atoms with van der Waals surface area (Å²) in [6, 6.07) is 8.09. The molecule has 0 saturated carbocycles. The van der Waals surface area contributed by atoms with Crippen LogP contribution in [0.1, 0.15) is 34.6 Å². The van der Waals surface area contributed by atoms with Gasteiger partial charge in [0, 0.05) is 23.2 Å².